The fourth-order valence-corrected chi connectivity index (χ4v) is 2.95. The van der Waals surface area contributed by atoms with E-state index in [1.807, 2.05) is 42.5 Å². The van der Waals surface area contributed by atoms with Crippen LogP contribution in [-0.2, 0) is 6.42 Å². The molecule has 1 aliphatic carbocycles. The van der Waals surface area contributed by atoms with Gasteiger partial charge in [-0.3, -0.25) is 0 Å². The molecule has 0 saturated carbocycles. The van der Waals surface area contributed by atoms with E-state index in [9.17, 15) is 10.3 Å². The van der Waals surface area contributed by atoms with Crippen molar-refractivity contribution in [2.24, 2.45) is 0 Å². The molecule has 0 radical (unpaired) electrons. The standard InChI is InChI=1S/C16H11NO2/c18-16-13-8-4-3-7-12(13)14-9-10-5-1-2-6-11(10)15(14)17(16)19/h1-8,18H,9H2. The Morgan fingerprint density at radius 2 is 1.63 bits per heavy atom. The van der Waals surface area contributed by atoms with Crippen LogP contribution in [0.2, 0.25) is 0 Å². The zero-order chi connectivity index (χ0) is 13.0. The van der Waals surface area contributed by atoms with Gasteiger partial charge in [-0.15, -0.1) is 4.73 Å². The molecule has 2 aromatic carbocycles. The number of rotatable bonds is 0. The molecule has 92 valence electrons. The summed E-state index contributed by atoms with van der Waals surface area (Å²) in [4.78, 5) is 0. The average Bonchev–Trinajstić information content (AvgIpc) is 2.84. The first-order valence-corrected chi connectivity index (χ1v) is 6.22. The molecular formula is C16H11NO2. The molecule has 0 amide bonds. The minimum absolute atomic E-state index is 0.217. The summed E-state index contributed by atoms with van der Waals surface area (Å²) in [5.41, 5.74) is 3.66. The van der Waals surface area contributed by atoms with Gasteiger partial charge in [0.2, 0.25) is 5.69 Å². The normalized spacial score (nSPS) is 12.4. The van der Waals surface area contributed by atoms with E-state index < -0.39 is 0 Å². The summed E-state index contributed by atoms with van der Waals surface area (Å²) in [6.07, 6.45) is 0.745. The van der Waals surface area contributed by atoms with Gasteiger partial charge in [0.25, 0.3) is 0 Å². The van der Waals surface area contributed by atoms with Gasteiger partial charge in [-0.25, -0.2) is 0 Å². The Kier molecular flexibility index (Phi) is 1.90. The maximum atomic E-state index is 12.3. The molecule has 0 aliphatic heterocycles. The minimum Gasteiger partial charge on any atom is -0.616 e. The number of fused-ring (bicyclic) bond motifs is 5. The van der Waals surface area contributed by atoms with Crippen molar-refractivity contribution in [1.82, 2.24) is 0 Å². The highest BCUT2D eigenvalue weighted by Crippen LogP contribution is 2.39. The van der Waals surface area contributed by atoms with Gasteiger partial charge in [0.15, 0.2) is 0 Å². The molecule has 1 N–H and O–H groups in total. The number of nitrogens with zero attached hydrogens (tertiary/aromatic N) is 1. The monoisotopic (exact) mass is 249 g/mol. The first-order valence-electron chi connectivity index (χ1n) is 6.22. The third-order valence-electron chi connectivity index (χ3n) is 3.81. The molecule has 19 heavy (non-hydrogen) atoms. The van der Waals surface area contributed by atoms with Gasteiger partial charge in [0.1, 0.15) is 0 Å². The van der Waals surface area contributed by atoms with Crippen molar-refractivity contribution < 1.29 is 9.84 Å². The maximum absolute atomic E-state index is 12.3. The lowest BCUT2D eigenvalue weighted by molar-refractivity contribution is -0.600. The van der Waals surface area contributed by atoms with E-state index in [0.29, 0.717) is 15.8 Å². The first kappa shape index (κ1) is 10.4. The summed E-state index contributed by atoms with van der Waals surface area (Å²) in [5, 5.41) is 24.0. The number of hydrogen-bond donors (Lipinski definition) is 1. The Morgan fingerprint density at radius 3 is 2.47 bits per heavy atom. The van der Waals surface area contributed by atoms with E-state index in [4.69, 9.17) is 0 Å². The van der Waals surface area contributed by atoms with Crippen LogP contribution >= 0.6 is 0 Å². The molecular weight excluding hydrogens is 238 g/mol. The van der Waals surface area contributed by atoms with Gasteiger partial charge < -0.3 is 10.3 Å². The molecule has 0 spiro atoms. The first-order chi connectivity index (χ1) is 9.27. The quantitative estimate of drug-likeness (QED) is 0.385. The summed E-state index contributed by atoms with van der Waals surface area (Å²) in [6.45, 7) is 0. The second kappa shape index (κ2) is 3.48. The van der Waals surface area contributed by atoms with E-state index >= 15 is 0 Å². The number of hydrogen-bond acceptors (Lipinski definition) is 2. The fourth-order valence-electron chi connectivity index (χ4n) is 2.95. The van der Waals surface area contributed by atoms with E-state index in [1.54, 1.807) is 6.07 Å². The molecule has 3 aromatic rings. The topological polar surface area (TPSA) is 47.2 Å². The van der Waals surface area contributed by atoms with Crippen LogP contribution in [0.3, 0.4) is 0 Å². The molecule has 1 aliphatic rings. The molecule has 0 fully saturated rings. The van der Waals surface area contributed by atoms with Crippen LogP contribution < -0.4 is 4.73 Å². The highest BCUT2D eigenvalue weighted by molar-refractivity contribution is 5.94. The van der Waals surface area contributed by atoms with E-state index in [1.165, 1.54) is 0 Å². The van der Waals surface area contributed by atoms with Crippen molar-refractivity contribution in [2.45, 2.75) is 6.42 Å². The van der Waals surface area contributed by atoms with Crippen LogP contribution in [0.4, 0.5) is 0 Å². The van der Waals surface area contributed by atoms with Gasteiger partial charge in [-0.2, -0.15) is 0 Å². The molecule has 4 rings (SSSR count). The molecule has 1 heterocycles. The smallest absolute Gasteiger partial charge is 0.385 e. The predicted molar refractivity (Wildman–Crippen MR) is 72.8 cm³/mol. The average molecular weight is 249 g/mol. The summed E-state index contributed by atoms with van der Waals surface area (Å²) in [5.74, 6) is -0.217. The van der Waals surface area contributed by atoms with Crippen molar-refractivity contribution in [1.29, 1.82) is 0 Å². The van der Waals surface area contributed by atoms with Crippen LogP contribution in [0.15, 0.2) is 48.5 Å². The zero-order valence-corrected chi connectivity index (χ0v) is 10.1. The minimum atomic E-state index is -0.217. The van der Waals surface area contributed by atoms with E-state index in [-0.39, 0.29) is 5.88 Å². The zero-order valence-electron chi connectivity index (χ0n) is 10.1. The van der Waals surface area contributed by atoms with Crippen LogP contribution in [-0.4, -0.2) is 5.11 Å². The number of benzene rings is 2. The lowest BCUT2D eigenvalue weighted by Crippen LogP contribution is -2.30. The van der Waals surface area contributed by atoms with Gasteiger partial charge in [-0.1, -0.05) is 36.4 Å². The SMILES string of the molecule is [O-][n+]1c2c(c3ccccc3c1O)Cc1ccccc1-2. The predicted octanol–water partition coefficient (Wildman–Crippen LogP) is 2.75. The third-order valence-corrected chi connectivity index (χ3v) is 3.81. The van der Waals surface area contributed by atoms with Crippen LogP contribution in [0.1, 0.15) is 11.1 Å². The van der Waals surface area contributed by atoms with Crippen molar-refractivity contribution in [3.05, 3.63) is 64.9 Å². The molecule has 0 unspecified atom stereocenters. The molecule has 0 atom stereocenters. The summed E-state index contributed by atoms with van der Waals surface area (Å²) in [7, 11) is 0. The fraction of sp³-hybridized carbons (Fsp3) is 0.0625. The summed E-state index contributed by atoms with van der Waals surface area (Å²) in [6, 6.07) is 15.4. The second-order valence-electron chi connectivity index (χ2n) is 4.82. The van der Waals surface area contributed by atoms with Crippen LogP contribution in [0.25, 0.3) is 22.0 Å². The van der Waals surface area contributed by atoms with Crippen molar-refractivity contribution in [3.8, 4) is 17.1 Å². The highest BCUT2D eigenvalue weighted by Gasteiger charge is 2.30. The van der Waals surface area contributed by atoms with Crippen molar-refractivity contribution in [2.75, 3.05) is 0 Å². The third kappa shape index (κ3) is 1.24. The van der Waals surface area contributed by atoms with Crippen molar-refractivity contribution >= 4 is 10.8 Å². The Labute approximate surface area is 110 Å². The molecule has 1 aromatic heterocycles. The molecule has 3 heteroatoms. The Balaban J connectivity index is 2.20. The number of aromatic nitrogens is 1. The lowest BCUT2D eigenvalue weighted by Gasteiger charge is -2.09. The lowest BCUT2D eigenvalue weighted by atomic mass is 10.0. The summed E-state index contributed by atoms with van der Waals surface area (Å²) >= 11 is 0. The van der Waals surface area contributed by atoms with E-state index in [0.717, 1.165) is 28.5 Å². The Bertz CT molecular complexity index is 824. The Morgan fingerprint density at radius 1 is 0.947 bits per heavy atom. The van der Waals surface area contributed by atoms with Crippen molar-refractivity contribution in [3.63, 3.8) is 0 Å². The van der Waals surface area contributed by atoms with E-state index in [2.05, 4.69) is 0 Å². The second-order valence-corrected chi connectivity index (χ2v) is 4.82. The van der Waals surface area contributed by atoms with Gasteiger partial charge in [-0.05, 0) is 17.7 Å². The van der Waals surface area contributed by atoms with Gasteiger partial charge >= 0.3 is 5.88 Å². The van der Waals surface area contributed by atoms with Crippen LogP contribution in [0, 0.1) is 5.21 Å². The van der Waals surface area contributed by atoms with Gasteiger partial charge in [0.05, 0.1) is 10.9 Å². The van der Waals surface area contributed by atoms with Gasteiger partial charge in [0, 0.05) is 17.4 Å². The largest absolute Gasteiger partial charge is 0.616 e. The molecule has 0 bridgehead atoms. The molecule has 3 nitrogen and oxygen atoms in total. The number of aromatic hydroxyl groups is 1. The molecule has 0 saturated heterocycles. The Hall–Kier alpha value is -2.55. The number of pyridine rings is 1. The highest BCUT2D eigenvalue weighted by atomic mass is 16.5. The van der Waals surface area contributed by atoms with Crippen LogP contribution in [0.5, 0.6) is 5.88 Å². The summed E-state index contributed by atoms with van der Waals surface area (Å²) < 4.78 is 0.656. The maximum Gasteiger partial charge on any atom is 0.385 e.